The van der Waals surface area contributed by atoms with E-state index in [1.807, 2.05) is 20.9 Å². The lowest BCUT2D eigenvalue weighted by Gasteiger charge is -2.13. The topological polar surface area (TPSA) is 46.9 Å². The van der Waals surface area contributed by atoms with E-state index in [1.54, 1.807) is 4.68 Å². The van der Waals surface area contributed by atoms with Gasteiger partial charge in [0.05, 0.1) is 11.3 Å². The maximum atomic E-state index is 12.1. The quantitative estimate of drug-likeness (QED) is 0.849. The number of carbonyl (C=O) groups excluding carboxylic acids is 1. The Morgan fingerprint density at radius 3 is 2.50 bits per heavy atom. The Kier molecular flexibility index (Phi) is 5.38. The zero-order valence-corrected chi connectivity index (χ0v) is 13.3. The van der Waals surface area contributed by atoms with E-state index in [-0.39, 0.29) is 5.91 Å². The average Bonchev–Trinajstić information content (AvgIpc) is 2.49. The Hall–Kier alpha value is -0.840. The van der Waals surface area contributed by atoms with Crippen molar-refractivity contribution < 1.29 is 4.79 Å². The second kappa shape index (κ2) is 6.36. The van der Waals surface area contributed by atoms with Gasteiger partial charge in [-0.15, -0.1) is 0 Å². The number of amides is 1. The van der Waals surface area contributed by atoms with Crippen LogP contribution in [-0.4, -0.2) is 27.1 Å². The molecule has 0 saturated heterocycles. The zero-order chi connectivity index (χ0) is 13.9. The Balaban J connectivity index is 2.61. The minimum Gasteiger partial charge on any atom is -0.351 e. The van der Waals surface area contributed by atoms with Gasteiger partial charge in [0.1, 0.15) is 0 Å². The number of alkyl halides is 1. The fraction of sp³-hybridized carbons (Fsp3) is 0.692. The van der Waals surface area contributed by atoms with Crippen molar-refractivity contribution >= 4 is 21.8 Å². The van der Waals surface area contributed by atoms with E-state index in [4.69, 9.17) is 0 Å². The van der Waals surface area contributed by atoms with Crippen LogP contribution >= 0.6 is 15.9 Å². The zero-order valence-electron chi connectivity index (χ0n) is 11.7. The highest BCUT2D eigenvalue weighted by atomic mass is 79.9. The molecule has 0 aromatic carbocycles. The van der Waals surface area contributed by atoms with Crippen molar-refractivity contribution in [1.29, 1.82) is 0 Å². The fourth-order valence-electron chi connectivity index (χ4n) is 1.99. The van der Waals surface area contributed by atoms with Crippen molar-refractivity contribution in [2.75, 3.05) is 6.54 Å². The summed E-state index contributed by atoms with van der Waals surface area (Å²) in [5.74, 6) is 0.583. The van der Waals surface area contributed by atoms with E-state index in [2.05, 4.69) is 40.2 Å². The summed E-state index contributed by atoms with van der Waals surface area (Å²) in [6.45, 7) is 8.76. The van der Waals surface area contributed by atoms with Crippen LogP contribution in [-0.2, 0) is 7.05 Å². The lowest BCUT2D eigenvalue weighted by molar-refractivity contribution is 0.0952. The Labute approximate surface area is 117 Å². The first-order chi connectivity index (χ1) is 8.32. The Morgan fingerprint density at radius 2 is 2.06 bits per heavy atom. The van der Waals surface area contributed by atoms with Gasteiger partial charge in [0.15, 0.2) is 0 Å². The summed E-state index contributed by atoms with van der Waals surface area (Å²) in [4.78, 5) is 12.4. The van der Waals surface area contributed by atoms with Gasteiger partial charge in [-0.3, -0.25) is 9.48 Å². The molecule has 5 heteroatoms. The van der Waals surface area contributed by atoms with E-state index in [0.29, 0.717) is 22.9 Å². The molecule has 1 atom stereocenters. The molecule has 1 aromatic rings. The number of rotatable bonds is 5. The monoisotopic (exact) mass is 315 g/mol. The molecule has 1 heterocycles. The van der Waals surface area contributed by atoms with Crippen LogP contribution in [0.25, 0.3) is 0 Å². The molecule has 0 aliphatic heterocycles. The predicted molar refractivity (Wildman–Crippen MR) is 77.2 cm³/mol. The molecule has 1 unspecified atom stereocenters. The van der Waals surface area contributed by atoms with Gasteiger partial charge in [-0.2, -0.15) is 5.10 Å². The van der Waals surface area contributed by atoms with Gasteiger partial charge in [0.2, 0.25) is 0 Å². The number of hydrogen-bond acceptors (Lipinski definition) is 2. The predicted octanol–water partition coefficient (Wildman–Crippen LogP) is 2.58. The second-order valence-corrected chi connectivity index (χ2v) is 6.40. The second-order valence-electron chi connectivity index (χ2n) is 5.11. The molecule has 4 nitrogen and oxygen atoms in total. The minimum atomic E-state index is -0.0358. The molecule has 0 bridgehead atoms. The van der Waals surface area contributed by atoms with Crippen molar-refractivity contribution in [2.45, 2.75) is 38.9 Å². The lowest BCUT2D eigenvalue weighted by atomic mass is 10.1. The van der Waals surface area contributed by atoms with Gasteiger partial charge in [-0.05, 0) is 26.2 Å². The molecule has 102 valence electrons. The smallest absolute Gasteiger partial charge is 0.255 e. The number of aryl methyl sites for hydroxylation is 2. The summed E-state index contributed by atoms with van der Waals surface area (Å²) in [7, 11) is 1.85. The molecule has 1 rings (SSSR count). The first kappa shape index (κ1) is 15.2. The number of nitrogens with zero attached hydrogens (tertiary/aromatic N) is 2. The first-order valence-electron chi connectivity index (χ1n) is 6.25. The maximum absolute atomic E-state index is 12.1. The van der Waals surface area contributed by atoms with E-state index in [1.165, 1.54) is 0 Å². The molecule has 1 amide bonds. The summed E-state index contributed by atoms with van der Waals surface area (Å²) >= 11 is 3.59. The van der Waals surface area contributed by atoms with Gasteiger partial charge < -0.3 is 5.32 Å². The van der Waals surface area contributed by atoms with Crippen LogP contribution in [0.4, 0.5) is 0 Å². The molecular weight excluding hydrogens is 294 g/mol. The van der Waals surface area contributed by atoms with Crippen molar-refractivity contribution in [3.05, 3.63) is 17.0 Å². The third-order valence-corrected chi connectivity index (χ3v) is 3.64. The van der Waals surface area contributed by atoms with E-state index in [0.717, 1.165) is 17.8 Å². The summed E-state index contributed by atoms with van der Waals surface area (Å²) < 4.78 is 1.74. The van der Waals surface area contributed by atoms with Crippen molar-refractivity contribution in [1.82, 2.24) is 15.1 Å². The Bertz CT molecular complexity index is 426. The minimum absolute atomic E-state index is 0.0358. The number of hydrogen-bond donors (Lipinski definition) is 1. The largest absolute Gasteiger partial charge is 0.351 e. The third kappa shape index (κ3) is 3.83. The van der Waals surface area contributed by atoms with Gasteiger partial charge in [-0.1, -0.05) is 29.8 Å². The molecule has 0 aliphatic rings. The van der Waals surface area contributed by atoms with E-state index in [9.17, 15) is 4.79 Å². The molecule has 0 spiro atoms. The number of nitrogens with one attached hydrogen (secondary N) is 1. The first-order valence-corrected chi connectivity index (χ1v) is 7.17. The van der Waals surface area contributed by atoms with E-state index < -0.39 is 0 Å². The molecular formula is C13H22BrN3O. The lowest BCUT2D eigenvalue weighted by Crippen LogP contribution is -2.30. The normalized spacial score (nSPS) is 12.8. The van der Waals surface area contributed by atoms with Crippen LogP contribution in [0, 0.1) is 19.8 Å². The molecule has 0 radical (unpaired) electrons. The highest BCUT2D eigenvalue weighted by Crippen LogP contribution is 2.14. The molecule has 0 aliphatic carbocycles. The summed E-state index contributed by atoms with van der Waals surface area (Å²) in [5, 5.41) is 7.21. The van der Waals surface area contributed by atoms with Crippen LogP contribution in [0.5, 0.6) is 0 Å². The number of carbonyl (C=O) groups is 1. The van der Waals surface area contributed by atoms with Crippen LogP contribution < -0.4 is 5.32 Å². The van der Waals surface area contributed by atoms with Gasteiger partial charge in [0.25, 0.3) is 5.91 Å². The van der Waals surface area contributed by atoms with Crippen LogP contribution in [0.1, 0.15) is 42.0 Å². The average molecular weight is 316 g/mol. The standard InChI is InChI=1S/C13H22BrN3O/c1-8(2)6-11(14)7-15-13(18)12-9(3)16-17(5)10(12)4/h8,11H,6-7H2,1-5H3,(H,15,18). The third-order valence-electron chi connectivity index (χ3n) is 2.95. The number of aromatic nitrogens is 2. The molecule has 0 saturated carbocycles. The molecule has 1 aromatic heterocycles. The molecule has 0 fully saturated rings. The highest BCUT2D eigenvalue weighted by molar-refractivity contribution is 9.09. The van der Waals surface area contributed by atoms with E-state index >= 15 is 0 Å². The van der Waals surface area contributed by atoms with Crippen molar-refractivity contribution in [2.24, 2.45) is 13.0 Å². The SMILES string of the molecule is Cc1nn(C)c(C)c1C(=O)NCC(Br)CC(C)C. The van der Waals surface area contributed by atoms with Gasteiger partial charge in [0, 0.05) is 24.1 Å². The fourth-order valence-corrected chi connectivity index (χ4v) is 2.90. The summed E-state index contributed by atoms with van der Waals surface area (Å²) in [6, 6.07) is 0. The van der Waals surface area contributed by atoms with Crippen molar-refractivity contribution in [3.8, 4) is 0 Å². The van der Waals surface area contributed by atoms with Crippen LogP contribution in [0.2, 0.25) is 0 Å². The van der Waals surface area contributed by atoms with Gasteiger partial charge >= 0.3 is 0 Å². The maximum Gasteiger partial charge on any atom is 0.255 e. The molecule has 1 N–H and O–H groups in total. The van der Waals surface area contributed by atoms with Crippen LogP contribution in [0.3, 0.4) is 0 Å². The molecule has 18 heavy (non-hydrogen) atoms. The number of halogens is 1. The highest BCUT2D eigenvalue weighted by Gasteiger charge is 2.18. The van der Waals surface area contributed by atoms with Gasteiger partial charge in [-0.25, -0.2) is 0 Å². The Morgan fingerprint density at radius 1 is 1.44 bits per heavy atom. The summed E-state index contributed by atoms with van der Waals surface area (Å²) in [6.07, 6.45) is 1.05. The summed E-state index contributed by atoms with van der Waals surface area (Å²) in [5.41, 5.74) is 2.38. The van der Waals surface area contributed by atoms with Crippen LogP contribution in [0.15, 0.2) is 0 Å². The van der Waals surface area contributed by atoms with Crippen molar-refractivity contribution in [3.63, 3.8) is 0 Å².